The Morgan fingerprint density at radius 3 is 2.52 bits per heavy atom. The van der Waals surface area contributed by atoms with Crippen LogP contribution in [0.25, 0.3) is 11.3 Å². The number of carboxylic acid groups (broad SMARTS) is 1. The van der Waals surface area contributed by atoms with E-state index in [1.165, 1.54) is 24.9 Å². The smallest absolute Gasteiger partial charge is 0.409 e. The summed E-state index contributed by atoms with van der Waals surface area (Å²) in [7, 11) is 2.94. The van der Waals surface area contributed by atoms with Crippen molar-refractivity contribution < 1.29 is 19.4 Å². The molecule has 0 saturated carbocycles. The molecule has 0 atom stereocenters. The fourth-order valence-corrected chi connectivity index (χ4v) is 2.49. The summed E-state index contributed by atoms with van der Waals surface area (Å²) in [6, 6.07) is 15.2. The van der Waals surface area contributed by atoms with E-state index in [-0.39, 0.29) is 11.3 Å². The van der Waals surface area contributed by atoms with Crippen LogP contribution in [0.2, 0.25) is 0 Å². The number of hydrogen-bond donors (Lipinski definition) is 2. The second-order valence-corrected chi connectivity index (χ2v) is 5.58. The summed E-state index contributed by atoms with van der Waals surface area (Å²) in [5.74, 6) is 1.28. The molecule has 0 spiro atoms. The van der Waals surface area contributed by atoms with Crippen LogP contribution >= 0.6 is 0 Å². The van der Waals surface area contributed by atoms with Crippen LogP contribution in [0.15, 0.2) is 59.4 Å². The minimum absolute atomic E-state index is 0.253. The van der Waals surface area contributed by atoms with Crippen molar-refractivity contribution in [2.75, 3.05) is 12.4 Å². The molecule has 0 aliphatic carbocycles. The van der Waals surface area contributed by atoms with E-state index in [1.54, 1.807) is 30.3 Å². The summed E-state index contributed by atoms with van der Waals surface area (Å²) < 4.78 is 12.4. The van der Waals surface area contributed by atoms with Gasteiger partial charge in [-0.1, -0.05) is 18.2 Å². The molecule has 1 amide bonds. The summed E-state index contributed by atoms with van der Waals surface area (Å²) in [6.45, 7) is 0. The quantitative estimate of drug-likeness (QED) is 0.717. The molecule has 0 aliphatic heterocycles. The lowest BCUT2D eigenvalue weighted by Gasteiger charge is -2.15. The first-order chi connectivity index (χ1) is 13.0. The van der Waals surface area contributed by atoms with Crippen molar-refractivity contribution in [3.63, 3.8) is 0 Å². The molecule has 1 aromatic heterocycles. The minimum Gasteiger partial charge on any atom is -0.494 e. The van der Waals surface area contributed by atoms with Crippen molar-refractivity contribution in [3.05, 3.63) is 65.0 Å². The second-order valence-electron chi connectivity index (χ2n) is 5.58. The van der Waals surface area contributed by atoms with Gasteiger partial charge in [-0.3, -0.25) is 10.1 Å². The number of methoxy groups -OCH3 is 1. The van der Waals surface area contributed by atoms with Gasteiger partial charge in [0, 0.05) is 18.8 Å². The normalized spacial score (nSPS) is 10.3. The van der Waals surface area contributed by atoms with Gasteiger partial charge in [-0.25, -0.2) is 9.48 Å². The number of aromatic nitrogens is 2. The summed E-state index contributed by atoms with van der Waals surface area (Å²) >= 11 is 0. The van der Waals surface area contributed by atoms with Crippen molar-refractivity contribution in [1.29, 1.82) is 0 Å². The number of aryl methyl sites for hydroxylation is 1. The van der Waals surface area contributed by atoms with Gasteiger partial charge >= 0.3 is 6.09 Å². The van der Waals surface area contributed by atoms with Gasteiger partial charge in [-0.15, -0.1) is 0 Å². The van der Waals surface area contributed by atoms with Crippen LogP contribution in [0.1, 0.15) is 0 Å². The average molecular weight is 367 g/mol. The number of carbonyl (C=O) groups is 1. The number of para-hydroxylation sites is 1. The molecule has 8 heteroatoms. The highest BCUT2D eigenvalue weighted by Crippen LogP contribution is 2.38. The Bertz CT molecular complexity index is 1030. The minimum atomic E-state index is -1.20. The third-order valence-electron chi connectivity index (χ3n) is 3.73. The van der Waals surface area contributed by atoms with Crippen molar-refractivity contribution in [2.45, 2.75) is 0 Å². The summed E-state index contributed by atoms with van der Waals surface area (Å²) in [6.07, 6.45) is -1.20. The van der Waals surface area contributed by atoms with E-state index in [4.69, 9.17) is 14.6 Å². The van der Waals surface area contributed by atoms with Crippen LogP contribution in [0.5, 0.6) is 17.2 Å². The fourth-order valence-electron chi connectivity index (χ4n) is 2.49. The van der Waals surface area contributed by atoms with Gasteiger partial charge in [-0.2, -0.15) is 5.10 Å². The summed E-state index contributed by atoms with van der Waals surface area (Å²) in [5, 5.41) is 15.5. The third-order valence-corrected chi connectivity index (χ3v) is 3.73. The van der Waals surface area contributed by atoms with E-state index in [0.717, 1.165) is 0 Å². The highest BCUT2D eigenvalue weighted by atomic mass is 16.5. The zero-order valence-electron chi connectivity index (χ0n) is 14.7. The zero-order chi connectivity index (χ0) is 19.4. The van der Waals surface area contributed by atoms with E-state index in [0.29, 0.717) is 28.4 Å². The molecule has 8 nitrogen and oxygen atoms in total. The first-order valence-electron chi connectivity index (χ1n) is 7.97. The van der Waals surface area contributed by atoms with Crippen molar-refractivity contribution in [1.82, 2.24) is 9.78 Å². The van der Waals surface area contributed by atoms with Crippen LogP contribution in [-0.4, -0.2) is 28.1 Å². The zero-order valence-corrected chi connectivity index (χ0v) is 14.7. The molecule has 138 valence electrons. The lowest BCUT2D eigenvalue weighted by atomic mass is 10.1. The van der Waals surface area contributed by atoms with Crippen molar-refractivity contribution >= 4 is 11.8 Å². The van der Waals surface area contributed by atoms with E-state index in [1.807, 2.05) is 18.2 Å². The van der Waals surface area contributed by atoms with E-state index in [9.17, 15) is 9.59 Å². The van der Waals surface area contributed by atoms with Gasteiger partial charge in [0.2, 0.25) is 0 Å². The molecule has 0 bridgehead atoms. The number of nitrogens with one attached hydrogen (secondary N) is 1. The Morgan fingerprint density at radius 2 is 1.85 bits per heavy atom. The standard InChI is InChI=1S/C19H17N3O5/c1-22-17(23)11-16(26-2)18(21-22)14-10-12(20-19(24)25)8-9-15(14)27-13-6-4-3-5-7-13/h3-11,20H,1-2H3,(H,24,25). The fraction of sp³-hybridized carbons (Fsp3) is 0.105. The molecular weight excluding hydrogens is 350 g/mol. The highest BCUT2D eigenvalue weighted by Gasteiger charge is 2.17. The Morgan fingerprint density at radius 1 is 1.11 bits per heavy atom. The lowest BCUT2D eigenvalue weighted by Crippen LogP contribution is -2.19. The number of rotatable bonds is 5. The summed E-state index contributed by atoms with van der Waals surface area (Å²) in [5.41, 5.74) is 0.814. The number of benzene rings is 2. The average Bonchev–Trinajstić information content (AvgIpc) is 2.65. The van der Waals surface area contributed by atoms with Gasteiger partial charge in [0.1, 0.15) is 17.2 Å². The maximum Gasteiger partial charge on any atom is 0.409 e. The monoisotopic (exact) mass is 367 g/mol. The molecule has 0 radical (unpaired) electrons. The molecule has 2 aromatic carbocycles. The molecule has 2 N–H and O–H groups in total. The van der Waals surface area contributed by atoms with E-state index < -0.39 is 6.09 Å². The van der Waals surface area contributed by atoms with Crippen LogP contribution < -0.4 is 20.3 Å². The van der Waals surface area contributed by atoms with Crippen molar-refractivity contribution in [3.8, 4) is 28.5 Å². The first-order valence-corrected chi connectivity index (χ1v) is 7.97. The molecular formula is C19H17N3O5. The third kappa shape index (κ3) is 4.06. The highest BCUT2D eigenvalue weighted by molar-refractivity contribution is 5.86. The molecule has 3 rings (SSSR count). The molecule has 27 heavy (non-hydrogen) atoms. The van der Waals surface area contributed by atoms with Gasteiger partial charge in [0.15, 0.2) is 5.75 Å². The van der Waals surface area contributed by atoms with Crippen LogP contribution in [-0.2, 0) is 7.05 Å². The van der Waals surface area contributed by atoms with E-state index in [2.05, 4.69) is 10.4 Å². The van der Waals surface area contributed by atoms with Crippen molar-refractivity contribution in [2.24, 2.45) is 7.05 Å². The number of hydrogen-bond acceptors (Lipinski definition) is 5. The maximum absolute atomic E-state index is 11.9. The van der Waals surface area contributed by atoms with E-state index >= 15 is 0 Å². The molecule has 0 fully saturated rings. The molecule has 1 heterocycles. The predicted octanol–water partition coefficient (Wildman–Crippen LogP) is 3.34. The molecule has 3 aromatic rings. The van der Waals surface area contributed by atoms with Crippen LogP contribution in [0.3, 0.4) is 0 Å². The molecule has 0 aliphatic rings. The van der Waals surface area contributed by atoms with Gasteiger partial charge in [0.05, 0.1) is 12.7 Å². The SMILES string of the molecule is COc1cc(=O)n(C)nc1-c1cc(NC(=O)O)ccc1Oc1ccccc1. The second kappa shape index (κ2) is 7.61. The molecule has 0 saturated heterocycles. The first kappa shape index (κ1) is 18.0. The largest absolute Gasteiger partial charge is 0.494 e. The predicted molar refractivity (Wildman–Crippen MR) is 99.6 cm³/mol. The Labute approximate surface area is 154 Å². The molecule has 0 unspecified atom stereocenters. The Balaban J connectivity index is 2.17. The Kier molecular flexibility index (Phi) is 5.07. The maximum atomic E-state index is 11.9. The Hall–Kier alpha value is -3.81. The van der Waals surface area contributed by atoms with Gasteiger partial charge in [0.25, 0.3) is 5.56 Å². The number of ether oxygens (including phenoxy) is 2. The van der Waals surface area contributed by atoms with Crippen LogP contribution in [0, 0.1) is 0 Å². The van der Waals surface area contributed by atoms with Gasteiger partial charge < -0.3 is 14.6 Å². The number of nitrogens with zero attached hydrogens (tertiary/aromatic N) is 2. The van der Waals surface area contributed by atoms with Gasteiger partial charge in [-0.05, 0) is 30.3 Å². The summed E-state index contributed by atoms with van der Waals surface area (Å²) in [4.78, 5) is 22.9. The lowest BCUT2D eigenvalue weighted by molar-refractivity contribution is 0.209. The number of anilines is 1. The van der Waals surface area contributed by atoms with Crippen LogP contribution in [0.4, 0.5) is 10.5 Å². The number of amides is 1. The topological polar surface area (TPSA) is 103 Å².